The number of nitrogens with zero attached hydrogens (tertiary/aromatic N) is 2. The topological polar surface area (TPSA) is 72.7 Å². The molecule has 6 nitrogen and oxygen atoms in total. The highest BCUT2D eigenvalue weighted by Crippen LogP contribution is 2.30. The lowest BCUT2D eigenvalue weighted by molar-refractivity contribution is -0.385. The third-order valence-corrected chi connectivity index (χ3v) is 3.82. The molecule has 1 atom stereocenters. The lowest BCUT2D eigenvalue weighted by Gasteiger charge is -2.26. The number of amides is 1. The zero-order valence-corrected chi connectivity index (χ0v) is 13.2. The molecule has 0 N–H and O–H groups in total. The van der Waals surface area contributed by atoms with Crippen LogP contribution in [0.25, 0.3) is 0 Å². The Morgan fingerprint density at radius 2 is 1.78 bits per heavy atom. The fourth-order valence-electron chi connectivity index (χ4n) is 2.40. The number of rotatable bonds is 5. The van der Waals surface area contributed by atoms with Crippen molar-refractivity contribution in [1.82, 2.24) is 4.90 Å². The summed E-state index contributed by atoms with van der Waals surface area (Å²) < 4.78 is 5.32. The highest BCUT2D eigenvalue weighted by atomic mass is 16.6. The molecule has 0 aliphatic rings. The van der Waals surface area contributed by atoms with Crippen LogP contribution in [-0.4, -0.2) is 29.9 Å². The standard InChI is InChI=1S/C17H18N2O4/c1-12(13-8-5-7-11-16(13)23-3)18(2)17(20)14-9-4-6-10-15(14)19(21)22/h4-12H,1-3H3/t12-/m1/s1. The van der Waals surface area contributed by atoms with Gasteiger partial charge >= 0.3 is 0 Å². The summed E-state index contributed by atoms with van der Waals surface area (Å²) in [5.41, 5.74) is 0.711. The van der Waals surface area contributed by atoms with Crippen molar-refractivity contribution in [3.8, 4) is 5.75 Å². The van der Waals surface area contributed by atoms with Crippen molar-refractivity contribution in [2.75, 3.05) is 14.2 Å². The molecule has 120 valence electrons. The molecule has 0 spiro atoms. The molecule has 0 radical (unpaired) electrons. The molecule has 0 unspecified atom stereocenters. The average Bonchev–Trinajstić information content (AvgIpc) is 2.59. The van der Waals surface area contributed by atoms with Crippen molar-refractivity contribution >= 4 is 11.6 Å². The number of carbonyl (C=O) groups is 1. The van der Waals surface area contributed by atoms with Crippen LogP contribution in [0.15, 0.2) is 48.5 Å². The average molecular weight is 314 g/mol. The number of para-hydroxylation sites is 2. The molecule has 0 heterocycles. The zero-order valence-electron chi connectivity index (χ0n) is 13.2. The van der Waals surface area contributed by atoms with Crippen LogP contribution >= 0.6 is 0 Å². The van der Waals surface area contributed by atoms with Gasteiger partial charge in [-0.2, -0.15) is 0 Å². The van der Waals surface area contributed by atoms with Gasteiger partial charge in [0, 0.05) is 18.7 Å². The highest BCUT2D eigenvalue weighted by molar-refractivity contribution is 5.98. The lowest BCUT2D eigenvalue weighted by atomic mass is 10.0. The van der Waals surface area contributed by atoms with E-state index >= 15 is 0 Å². The van der Waals surface area contributed by atoms with Gasteiger partial charge in [-0.15, -0.1) is 0 Å². The molecule has 23 heavy (non-hydrogen) atoms. The van der Waals surface area contributed by atoms with Gasteiger partial charge < -0.3 is 9.64 Å². The number of carbonyl (C=O) groups excluding carboxylic acids is 1. The first-order chi connectivity index (χ1) is 11.0. The molecule has 0 bridgehead atoms. The van der Waals surface area contributed by atoms with Crippen LogP contribution in [0.1, 0.15) is 28.9 Å². The van der Waals surface area contributed by atoms with Crippen molar-refractivity contribution in [1.29, 1.82) is 0 Å². The molecule has 0 aliphatic carbocycles. The quantitative estimate of drug-likeness (QED) is 0.626. The fourth-order valence-corrected chi connectivity index (χ4v) is 2.40. The number of benzene rings is 2. The summed E-state index contributed by atoms with van der Waals surface area (Å²) in [6.07, 6.45) is 0. The minimum absolute atomic E-state index is 0.0711. The maximum Gasteiger partial charge on any atom is 0.282 e. The molecule has 0 saturated carbocycles. The molecular formula is C17H18N2O4. The van der Waals surface area contributed by atoms with Crippen molar-refractivity contribution in [2.45, 2.75) is 13.0 Å². The maximum absolute atomic E-state index is 12.7. The summed E-state index contributed by atoms with van der Waals surface area (Å²) in [4.78, 5) is 24.7. The van der Waals surface area contributed by atoms with Crippen LogP contribution in [0.3, 0.4) is 0 Å². The van der Waals surface area contributed by atoms with E-state index in [1.54, 1.807) is 26.3 Å². The summed E-state index contributed by atoms with van der Waals surface area (Å²) in [5, 5.41) is 11.1. The van der Waals surface area contributed by atoms with Gasteiger partial charge in [-0.1, -0.05) is 30.3 Å². The summed E-state index contributed by atoms with van der Waals surface area (Å²) in [7, 11) is 3.19. The molecule has 2 rings (SSSR count). The predicted octanol–water partition coefficient (Wildman–Crippen LogP) is 3.44. The predicted molar refractivity (Wildman–Crippen MR) is 86.6 cm³/mol. The van der Waals surface area contributed by atoms with E-state index in [9.17, 15) is 14.9 Å². The normalized spacial score (nSPS) is 11.6. The SMILES string of the molecule is COc1ccccc1[C@@H](C)N(C)C(=O)c1ccccc1[N+](=O)[O-]. The molecule has 2 aromatic rings. The molecule has 0 aromatic heterocycles. The van der Waals surface area contributed by atoms with E-state index in [0.29, 0.717) is 5.75 Å². The first-order valence-corrected chi connectivity index (χ1v) is 7.10. The van der Waals surface area contributed by atoms with E-state index < -0.39 is 10.8 Å². The Labute approximate surface area is 134 Å². The van der Waals surface area contributed by atoms with Gasteiger partial charge in [-0.3, -0.25) is 14.9 Å². The van der Waals surface area contributed by atoms with E-state index in [2.05, 4.69) is 0 Å². The van der Waals surface area contributed by atoms with Gasteiger partial charge in [0.15, 0.2) is 0 Å². The van der Waals surface area contributed by atoms with Gasteiger partial charge in [-0.25, -0.2) is 0 Å². The molecule has 1 amide bonds. The lowest BCUT2D eigenvalue weighted by Crippen LogP contribution is -2.30. The third kappa shape index (κ3) is 3.31. The summed E-state index contributed by atoms with van der Waals surface area (Å²) in [6.45, 7) is 1.85. The van der Waals surface area contributed by atoms with Crippen molar-refractivity contribution < 1.29 is 14.5 Å². The summed E-state index contributed by atoms with van der Waals surface area (Å²) in [5.74, 6) is 0.262. The van der Waals surface area contributed by atoms with Crippen LogP contribution < -0.4 is 4.74 Å². The van der Waals surface area contributed by atoms with E-state index in [4.69, 9.17) is 4.74 Å². The van der Waals surface area contributed by atoms with Gasteiger partial charge in [0.2, 0.25) is 0 Å². The second-order valence-corrected chi connectivity index (χ2v) is 5.11. The highest BCUT2D eigenvalue weighted by Gasteiger charge is 2.26. The second kappa shape index (κ2) is 6.91. The van der Waals surface area contributed by atoms with Gasteiger partial charge in [-0.05, 0) is 19.1 Å². The number of hydrogen-bond acceptors (Lipinski definition) is 4. The second-order valence-electron chi connectivity index (χ2n) is 5.11. The summed E-state index contributed by atoms with van der Waals surface area (Å²) >= 11 is 0. The van der Waals surface area contributed by atoms with Crippen molar-refractivity contribution in [2.24, 2.45) is 0 Å². The Hall–Kier alpha value is -2.89. The third-order valence-electron chi connectivity index (χ3n) is 3.82. The minimum atomic E-state index is -0.547. The molecule has 0 aliphatic heterocycles. The smallest absolute Gasteiger partial charge is 0.282 e. The number of nitro groups is 1. The number of nitro benzene ring substituents is 1. The van der Waals surface area contributed by atoms with Crippen molar-refractivity contribution in [3.63, 3.8) is 0 Å². The van der Waals surface area contributed by atoms with Crippen molar-refractivity contribution in [3.05, 3.63) is 69.8 Å². The molecule has 0 saturated heterocycles. The Kier molecular flexibility index (Phi) is 4.95. The van der Waals surface area contributed by atoms with E-state index in [-0.39, 0.29) is 17.3 Å². The van der Waals surface area contributed by atoms with Gasteiger partial charge in [0.05, 0.1) is 18.1 Å². The van der Waals surface area contributed by atoms with Crippen LogP contribution in [-0.2, 0) is 0 Å². The van der Waals surface area contributed by atoms with Crippen LogP contribution in [0.2, 0.25) is 0 Å². The first kappa shape index (κ1) is 16.5. The maximum atomic E-state index is 12.7. The molecule has 6 heteroatoms. The largest absolute Gasteiger partial charge is 0.496 e. The molecular weight excluding hydrogens is 296 g/mol. The summed E-state index contributed by atoms with van der Waals surface area (Å²) in [6, 6.07) is 13.0. The Balaban J connectivity index is 2.35. The zero-order chi connectivity index (χ0) is 17.0. The van der Waals surface area contributed by atoms with E-state index in [1.807, 2.05) is 31.2 Å². The first-order valence-electron chi connectivity index (χ1n) is 7.10. The van der Waals surface area contributed by atoms with Crippen LogP contribution in [0, 0.1) is 10.1 Å². The Bertz CT molecular complexity index is 730. The van der Waals surface area contributed by atoms with Crippen LogP contribution in [0.5, 0.6) is 5.75 Å². The van der Waals surface area contributed by atoms with Gasteiger partial charge in [0.25, 0.3) is 11.6 Å². The minimum Gasteiger partial charge on any atom is -0.496 e. The Morgan fingerprint density at radius 3 is 2.43 bits per heavy atom. The number of hydrogen-bond donors (Lipinski definition) is 0. The molecule has 0 fully saturated rings. The number of ether oxygens (including phenoxy) is 1. The monoisotopic (exact) mass is 314 g/mol. The Morgan fingerprint density at radius 1 is 1.17 bits per heavy atom. The number of methoxy groups -OCH3 is 1. The fraction of sp³-hybridized carbons (Fsp3) is 0.235. The van der Waals surface area contributed by atoms with Gasteiger partial charge in [0.1, 0.15) is 11.3 Å². The van der Waals surface area contributed by atoms with E-state index in [0.717, 1.165) is 5.56 Å². The van der Waals surface area contributed by atoms with Crippen LogP contribution in [0.4, 0.5) is 5.69 Å². The van der Waals surface area contributed by atoms with E-state index in [1.165, 1.54) is 17.0 Å². The molecule has 2 aromatic carbocycles.